The zero-order valence-corrected chi connectivity index (χ0v) is 37.9. The molecule has 0 spiro atoms. The highest BCUT2D eigenvalue weighted by Gasteiger charge is 2.18. The maximum Gasteiger partial charge on any atom is 0.488 e. The summed E-state index contributed by atoms with van der Waals surface area (Å²) in [5.41, 5.74) is 7.57. The van der Waals surface area contributed by atoms with Crippen LogP contribution in [0.3, 0.4) is 0 Å². The Morgan fingerprint density at radius 1 is 0.600 bits per heavy atom. The molecule has 14 nitrogen and oxygen atoms in total. The van der Waals surface area contributed by atoms with Gasteiger partial charge in [0.2, 0.25) is 0 Å². The monoisotopic (exact) mass is 976 g/mol. The van der Waals surface area contributed by atoms with E-state index in [1.54, 1.807) is 125 Å². The minimum Gasteiger partial charge on any atom is -0.423 e. The molecule has 0 atom stereocenters. The molecule has 4 N–H and O–H groups in total. The number of benzene rings is 4. The van der Waals surface area contributed by atoms with E-state index in [2.05, 4.69) is 36.8 Å². The number of carbonyl (C=O) groups excluding carboxylic acids is 4. The number of amides is 4. The van der Waals surface area contributed by atoms with Crippen LogP contribution in [0.25, 0.3) is 22.2 Å². The number of carbonyl (C=O) groups is 4. The first-order valence-electron chi connectivity index (χ1n) is 19.4. The fourth-order valence-corrected chi connectivity index (χ4v) is 6.91. The average molecular weight is 979 g/mol. The molecular formula is C47H44BBrCl2N8O6. The van der Waals surface area contributed by atoms with Gasteiger partial charge in [0.05, 0.1) is 27.9 Å². The van der Waals surface area contributed by atoms with Gasteiger partial charge < -0.3 is 30.5 Å². The molecule has 0 aliphatic carbocycles. The standard InChI is InChI=1S/C23H19ClN4O2.C15H11BrClN3O.C8H10BNO3.CH4/c1-25-22(29)16-5-3-15(4-6-16)20-14-26-28-12-11-17(13-21(20)28)23(30)27(2)19-9-7-18(24)8-10-19;1-19(12-4-2-11(17)3-5-12)15(21)10-6-7-20-14(8-10)13(16)9-18-20;1-10-8(11)6-2-4-7(5-3-6)9(12)13;/h3-14H,1-2H3,(H,25,29);2-9H,1H3;2-5,12-13H,1H3,(H,10,11);1H4. The van der Waals surface area contributed by atoms with Gasteiger partial charge in [0.15, 0.2) is 0 Å². The minimum atomic E-state index is -1.49. The first-order chi connectivity index (χ1) is 30.7. The molecule has 4 aromatic carbocycles. The molecule has 332 valence electrons. The van der Waals surface area contributed by atoms with Gasteiger partial charge in [-0.1, -0.05) is 54.9 Å². The SMILES string of the molecule is C.CN(C(=O)c1ccn2ncc(Br)c2c1)c1ccc(Cl)cc1.CNC(=O)c1ccc(-c2cnn3ccc(C(=O)N(C)c4ccc(Cl)cc4)cc23)cc1.CNC(=O)c1ccc(B(O)O)cc1. The molecule has 8 aromatic rings. The van der Waals surface area contributed by atoms with Crippen molar-refractivity contribution >= 4 is 97.7 Å². The number of hydrogen-bond acceptors (Lipinski definition) is 8. The van der Waals surface area contributed by atoms with E-state index in [1.165, 1.54) is 31.3 Å². The molecular weight excluding hydrogens is 934 g/mol. The lowest BCUT2D eigenvalue weighted by atomic mass is 9.80. The highest BCUT2D eigenvalue weighted by molar-refractivity contribution is 9.10. The highest BCUT2D eigenvalue weighted by Crippen LogP contribution is 2.27. The number of anilines is 2. The third-order valence-electron chi connectivity index (χ3n) is 9.91. The van der Waals surface area contributed by atoms with E-state index < -0.39 is 7.12 Å². The fraction of sp³-hybridized carbons (Fsp3) is 0.106. The second-order valence-corrected chi connectivity index (χ2v) is 15.7. The third-order valence-corrected chi connectivity index (χ3v) is 11.0. The molecule has 0 bridgehead atoms. The van der Waals surface area contributed by atoms with Crippen molar-refractivity contribution in [2.24, 2.45) is 0 Å². The Kier molecular flexibility index (Phi) is 16.8. The normalized spacial score (nSPS) is 10.4. The van der Waals surface area contributed by atoms with Crippen molar-refractivity contribution in [3.63, 3.8) is 0 Å². The van der Waals surface area contributed by atoms with E-state index in [-0.39, 0.29) is 31.1 Å². The first-order valence-corrected chi connectivity index (χ1v) is 20.9. The van der Waals surface area contributed by atoms with Crippen LogP contribution in [0.15, 0.2) is 151 Å². The van der Waals surface area contributed by atoms with Gasteiger partial charge in [0, 0.05) is 89.8 Å². The molecule has 65 heavy (non-hydrogen) atoms. The Hall–Kier alpha value is -6.82. The predicted molar refractivity (Wildman–Crippen MR) is 262 cm³/mol. The van der Waals surface area contributed by atoms with Gasteiger partial charge in [0.1, 0.15) is 0 Å². The lowest BCUT2D eigenvalue weighted by molar-refractivity contribution is 0.0955. The summed E-state index contributed by atoms with van der Waals surface area (Å²) in [5.74, 6) is -0.562. The van der Waals surface area contributed by atoms with Crippen molar-refractivity contribution in [3.8, 4) is 11.1 Å². The van der Waals surface area contributed by atoms with Gasteiger partial charge in [-0.3, -0.25) is 19.2 Å². The van der Waals surface area contributed by atoms with Crippen LogP contribution in [0.5, 0.6) is 0 Å². The van der Waals surface area contributed by atoms with Gasteiger partial charge in [0.25, 0.3) is 23.6 Å². The van der Waals surface area contributed by atoms with Crippen molar-refractivity contribution in [2.75, 3.05) is 38.0 Å². The van der Waals surface area contributed by atoms with Gasteiger partial charge >= 0.3 is 7.12 Å². The van der Waals surface area contributed by atoms with Gasteiger partial charge in [-0.15, -0.1) is 0 Å². The predicted octanol–water partition coefficient (Wildman–Crippen LogP) is 7.68. The second kappa shape index (κ2) is 22.2. The van der Waals surface area contributed by atoms with E-state index >= 15 is 0 Å². The van der Waals surface area contributed by atoms with Gasteiger partial charge in [-0.05, 0) is 124 Å². The number of pyridine rings is 2. The second-order valence-electron chi connectivity index (χ2n) is 14.0. The molecule has 0 saturated heterocycles. The maximum absolute atomic E-state index is 13.0. The summed E-state index contributed by atoms with van der Waals surface area (Å²) in [7, 11) is 5.11. The van der Waals surface area contributed by atoms with E-state index in [9.17, 15) is 19.2 Å². The molecule has 8 rings (SSSR count). The Morgan fingerprint density at radius 3 is 1.46 bits per heavy atom. The van der Waals surface area contributed by atoms with E-state index in [4.69, 9.17) is 33.2 Å². The van der Waals surface area contributed by atoms with Crippen molar-refractivity contribution in [1.29, 1.82) is 0 Å². The lowest BCUT2D eigenvalue weighted by Gasteiger charge is -2.17. The van der Waals surface area contributed by atoms with Crippen LogP contribution in [0.4, 0.5) is 11.4 Å². The third kappa shape index (κ3) is 11.9. The smallest absolute Gasteiger partial charge is 0.423 e. The van der Waals surface area contributed by atoms with Crippen LogP contribution in [-0.4, -0.2) is 88.2 Å². The van der Waals surface area contributed by atoms with Crippen LogP contribution < -0.4 is 25.9 Å². The van der Waals surface area contributed by atoms with Crippen molar-refractivity contribution in [3.05, 3.63) is 183 Å². The van der Waals surface area contributed by atoms with E-state index in [0.717, 1.165) is 38.0 Å². The summed E-state index contributed by atoms with van der Waals surface area (Å²) in [6.45, 7) is 0. The molecule has 0 aliphatic heterocycles. The Bertz CT molecular complexity index is 2930. The number of rotatable bonds is 8. The molecule has 18 heteroatoms. The summed E-state index contributed by atoms with van der Waals surface area (Å²) in [5, 5.41) is 32.4. The van der Waals surface area contributed by atoms with Crippen LogP contribution in [0, 0.1) is 0 Å². The number of halogens is 3. The van der Waals surface area contributed by atoms with Crippen molar-refractivity contribution < 1.29 is 29.2 Å². The molecule has 4 aromatic heterocycles. The average Bonchev–Trinajstić information content (AvgIpc) is 3.93. The first kappa shape index (κ1) is 49.2. The zero-order valence-electron chi connectivity index (χ0n) is 34.8. The molecule has 4 amide bonds. The molecule has 4 heterocycles. The van der Waals surface area contributed by atoms with Crippen molar-refractivity contribution in [1.82, 2.24) is 29.9 Å². The largest absolute Gasteiger partial charge is 0.488 e. The lowest BCUT2D eigenvalue weighted by Crippen LogP contribution is -2.30. The van der Waals surface area contributed by atoms with Crippen LogP contribution in [-0.2, 0) is 0 Å². The van der Waals surface area contributed by atoms with Gasteiger partial charge in [-0.2, -0.15) is 10.2 Å². The molecule has 0 fully saturated rings. The fourth-order valence-electron chi connectivity index (χ4n) is 6.27. The molecule has 0 radical (unpaired) electrons. The maximum atomic E-state index is 13.0. The summed E-state index contributed by atoms with van der Waals surface area (Å²) in [6.07, 6.45) is 6.98. The number of fused-ring (bicyclic) bond motifs is 2. The molecule has 0 aliphatic rings. The minimum absolute atomic E-state index is 0. The Labute approximate surface area is 394 Å². The number of nitrogens with zero attached hydrogens (tertiary/aromatic N) is 6. The quantitative estimate of drug-likeness (QED) is 0.112. The van der Waals surface area contributed by atoms with Crippen LogP contribution in [0.1, 0.15) is 48.9 Å². The molecule has 0 unspecified atom stereocenters. The summed E-state index contributed by atoms with van der Waals surface area (Å²) in [4.78, 5) is 51.6. The number of aromatic nitrogens is 4. The van der Waals surface area contributed by atoms with Crippen LogP contribution in [0.2, 0.25) is 10.0 Å². The van der Waals surface area contributed by atoms with E-state index in [0.29, 0.717) is 37.8 Å². The highest BCUT2D eigenvalue weighted by atomic mass is 79.9. The zero-order chi connectivity index (χ0) is 46.1. The Balaban J connectivity index is 0.000000197. The number of nitrogens with one attached hydrogen (secondary N) is 2. The summed E-state index contributed by atoms with van der Waals surface area (Å²) < 4.78 is 4.29. The Morgan fingerprint density at radius 2 is 1.02 bits per heavy atom. The topological polar surface area (TPSA) is 174 Å². The summed E-state index contributed by atoms with van der Waals surface area (Å²) in [6, 6.07) is 34.7. The van der Waals surface area contributed by atoms with Crippen molar-refractivity contribution in [2.45, 2.75) is 7.43 Å². The molecule has 0 saturated carbocycles. The summed E-state index contributed by atoms with van der Waals surface area (Å²) >= 11 is 15.2. The van der Waals surface area contributed by atoms with Crippen LogP contribution >= 0.6 is 39.1 Å². The van der Waals surface area contributed by atoms with E-state index in [1.807, 2.05) is 36.4 Å². The number of hydrogen-bond donors (Lipinski definition) is 4. The van der Waals surface area contributed by atoms with Gasteiger partial charge in [-0.25, -0.2) is 9.03 Å².